The van der Waals surface area contributed by atoms with Crippen LogP contribution in [-0.4, -0.2) is 24.7 Å². The first-order valence-electron chi connectivity index (χ1n) is 13.7. The van der Waals surface area contributed by atoms with Crippen molar-refractivity contribution in [2.75, 3.05) is 7.11 Å². The van der Waals surface area contributed by atoms with Gasteiger partial charge in [0, 0.05) is 0 Å². The lowest BCUT2D eigenvalue weighted by Gasteiger charge is -2.29. The van der Waals surface area contributed by atoms with E-state index in [1.165, 1.54) is 12.1 Å². The van der Waals surface area contributed by atoms with Gasteiger partial charge in [0.05, 0.1) is 22.6 Å². The van der Waals surface area contributed by atoms with E-state index in [4.69, 9.17) is 4.74 Å². The van der Waals surface area contributed by atoms with Crippen molar-refractivity contribution in [3.05, 3.63) is 167 Å². The molecule has 0 atom stereocenters. The third-order valence-corrected chi connectivity index (χ3v) is 13.2. The smallest absolute Gasteiger partial charge is 0.287 e. The molecule has 1 aromatic heterocycles. The molecule has 6 rings (SSSR count). The minimum atomic E-state index is -4.30. The van der Waals surface area contributed by atoms with Crippen LogP contribution in [0.1, 0.15) is 0 Å². The summed E-state index contributed by atoms with van der Waals surface area (Å²) < 4.78 is 34.5. The van der Waals surface area contributed by atoms with Gasteiger partial charge >= 0.3 is 0 Å². The maximum absolute atomic E-state index is 14.8. The summed E-state index contributed by atoms with van der Waals surface area (Å²) >= 11 is 0. The molecule has 0 aliphatic rings. The van der Waals surface area contributed by atoms with Crippen LogP contribution in [0.5, 0.6) is 5.75 Å². The van der Waals surface area contributed by atoms with E-state index >= 15 is 0 Å². The third kappa shape index (κ3) is 5.07. The Kier molecular flexibility index (Phi) is 7.76. The molecule has 0 saturated heterocycles. The highest BCUT2D eigenvalue weighted by molar-refractivity contribution is 7.90. The lowest BCUT2D eigenvalue weighted by Crippen LogP contribution is -2.34. The largest absolute Gasteiger partial charge is 0.497 e. The molecule has 0 aliphatic heterocycles. The Morgan fingerprint density at radius 1 is 0.628 bits per heavy atom. The number of methoxy groups -OCH3 is 1. The number of aromatic nitrogens is 2. The van der Waals surface area contributed by atoms with Crippen LogP contribution in [-0.2, 0) is 10.0 Å². The predicted molar refractivity (Wildman–Crippen MR) is 174 cm³/mol. The molecule has 6 aromatic rings. The average Bonchev–Trinajstić information content (AvgIpc) is 3.07. The van der Waals surface area contributed by atoms with E-state index in [-0.39, 0.29) is 4.90 Å². The van der Waals surface area contributed by atoms with Gasteiger partial charge in [0.2, 0.25) is 0 Å². The van der Waals surface area contributed by atoms with Crippen molar-refractivity contribution >= 4 is 32.8 Å². The molecule has 1 heterocycles. The first-order valence-corrected chi connectivity index (χ1v) is 16.9. The van der Waals surface area contributed by atoms with Gasteiger partial charge in [-0.3, -0.25) is 9.89 Å². The second-order valence-corrected chi connectivity index (χ2v) is 15.0. The van der Waals surface area contributed by atoms with Crippen molar-refractivity contribution < 1.29 is 13.2 Å². The van der Waals surface area contributed by atoms with Crippen LogP contribution >= 0.6 is 6.89 Å². The summed E-state index contributed by atoms with van der Waals surface area (Å²) in [5.41, 5.74) is 0.543. The molecule has 0 unspecified atom stereocenters. The van der Waals surface area contributed by atoms with Gasteiger partial charge in [-0.25, -0.2) is 0 Å². The zero-order valence-electron chi connectivity index (χ0n) is 23.4. The lowest BCUT2D eigenvalue weighted by atomic mass is 10.1. The Morgan fingerprint density at radius 3 is 1.51 bits per heavy atom. The van der Waals surface area contributed by atoms with Crippen LogP contribution in [0.3, 0.4) is 0 Å². The normalized spacial score (nSPS) is 11.7. The van der Waals surface area contributed by atoms with Crippen LogP contribution < -0.4 is 26.2 Å². The van der Waals surface area contributed by atoms with Crippen molar-refractivity contribution in [1.29, 1.82) is 0 Å². The van der Waals surface area contributed by atoms with E-state index in [9.17, 15) is 13.2 Å². The predicted octanol–water partition coefficient (Wildman–Crippen LogP) is 5.62. The minimum absolute atomic E-state index is 0.00856. The highest BCUT2D eigenvalue weighted by Gasteiger charge is 2.30. The maximum Gasteiger partial charge on any atom is 0.287 e. The maximum atomic E-state index is 14.8. The van der Waals surface area contributed by atoms with Crippen LogP contribution in [0.4, 0.5) is 0 Å². The molecule has 0 bridgehead atoms. The van der Waals surface area contributed by atoms with Crippen LogP contribution in [0.2, 0.25) is 0 Å². The molecule has 0 radical (unpaired) electrons. The Labute approximate surface area is 250 Å². The summed E-state index contributed by atoms with van der Waals surface area (Å²) in [6.45, 7) is -2.94. The number of hydrogen-bond donors (Lipinski definition) is 1. The quantitative estimate of drug-likeness (QED) is 0.240. The SMILES string of the molecule is COc1ccc(-c2cc(=P(c3ccccc3)(c3ccccc3)c3ccccc3)c(=O)n(S(=O)(=O)c3ccccc3)[nH]2)cc1. The van der Waals surface area contributed by atoms with Crippen LogP contribution in [0.15, 0.2) is 161 Å². The zero-order chi connectivity index (χ0) is 29.9. The number of H-pyrrole nitrogens is 1. The molecular weight excluding hydrogens is 575 g/mol. The van der Waals surface area contributed by atoms with E-state index in [1.54, 1.807) is 37.4 Å². The standard InChI is InChI=1S/C35H29N2O4PS/c1-41-28-24-22-27(23-25-28)33-26-34(35(38)37(36-33)43(39,40)32-20-12-5-13-21-32)42(29-14-6-2-7-15-29,30-16-8-3-9-17-30)31-18-10-4-11-19-31/h2-26,36H,1H3. The molecule has 0 spiro atoms. The zero-order valence-corrected chi connectivity index (χ0v) is 25.1. The van der Waals surface area contributed by atoms with Crippen LogP contribution in [0.25, 0.3) is 11.3 Å². The second-order valence-electron chi connectivity index (χ2n) is 9.85. The van der Waals surface area contributed by atoms with E-state index in [0.717, 1.165) is 20.0 Å². The van der Waals surface area contributed by atoms with E-state index in [0.29, 0.717) is 21.9 Å². The summed E-state index contributed by atoms with van der Waals surface area (Å²) in [7, 11) is -2.71. The fourth-order valence-electron chi connectivity index (χ4n) is 5.34. The van der Waals surface area contributed by atoms with Crippen LogP contribution in [0, 0.1) is 4.94 Å². The third-order valence-electron chi connectivity index (χ3n) is 7.38. The van der Waals surface area contributed by atoms with Gasteiger partial charge in [-0.05, 0) is 70.8 Å². The summed E-state index contributed by atoms with van der Waals surface area (Å²) in [6, 6.07) is 46.8. The molecule has 0 saturated carbocycles. The van der Waals surface area contributed by atoms with E-state index < -0.39 is 22.5 Å². The number of rotatable bonds is 7. The Hall–Kier alpha value is -4.84. The highest BCUT2D eigenvalue weighted by atomic mass is 32.2. The van der Waals surface area contributed by atoms with Crippen molar-refractivity contribution in [3.8, 4) is 17.0 Å². The number of ether oxygens (including phenoxy) is 1. The molecule has 6 nitrogen and oxygen atoms in total. The molecule has 0 aliphatic carbocycles. The lowest BCUT2D eigenvalue weighted by molar-refractivity contribution is 0.415. The summed E-state index contributed by atoms with van der Waals surface area (Å²) in [6.07, 6.45) is 0. The number of hydrogen-bond acceptors (Lipinski definition) is 4. The van der Waals surface area contributed by atoms with E-state index in [2.05, 4.69) is 5.10 Å². The monoisotopic (exact) mass is 604 g/mol. The number of benzene rings is 5. The average molecular weight is 605 g/mol. The molecule has 8 heteroatoms. The van der Waals surface area contributed by atoms with Gasteiger partial charge in [0.15, 0.2) is 0 Å². The van der Waals surface area contributed by atoms with Crippen molar-refractivity contribution in [1.82, 2.24) is 9.19 Å². The molecule has 5 aromatic carbocycles. The second kappa shape index (κ2) is 11.8. The molecule has 214 valence electrons. The summed E-state index contributed by atoms with van der Waals surface area (Å²) in [4.78, 5) is 15.2. The van der Waals surface area contributed by atoms with E-state index in [1.807, 2.05) is 109 Å². The fraction of sp³-hybridized carbons (Fsp3) is 0.0286. The van der Waals surface area contributed by atoms with Gasteiger partial charge < -0.3 is 4.74 Å². The molecular formula is C35H29N2O4PS. The van der Waals surface area contributed by atoms with Crippen molar-refractivity contribution in [3.63, 3.8) is 0 Å². The van der Waals surface area contributed by atoms with Gasteiger partial charge in [-0.2, -0.15) is 8.42 Å². The molecule has 0 amide bonds. The molecule has 0 fully saturated rings. The van der Waals surface area contributed by atoms with Gasteiger partial charge in [-0.15, -0.1) is 4.09 Å². The van der Waals surface area contributed by atoms with Gasteiger partial charge in [0.25, 0.3) is 15.6 Å². The van der Waals surface area contributed by atoms with Gasteiger partial charge in [-0.1, -0.05) is 109 Å². The minimum Gasteiger partial charge on any atom is -0.497 e. The number of nitrogens with one attached hydrogen (secondary N) is 1. The van der Waals surface area contributed by atoms with Gasteiger partial charge in [0.1, 0.15) is 5.75 Å². The Balaban J connectivity index is 1.90. The first-order chi connectivity index (χ1) is 21.0. The first kappa shape index (κ1) is 28.3. The Morgan fingerprint density at radius 2 is 1.07 bits per heavy atom. The Bertz CT molecular complexity index is 2020. The summed E-state index contributed by atoms with van der Waals surface area (Å²) in [5.74, 6) is 0.661. The molecule has 43 heavy (non-hydrogen) atoms. The molecule has 1 N–H and O–H groups in total. The topological polar surface area (TPSA) is 81.2 Å². The number of aromatic amines is 1. The highest BCUT2D eigenvalue weighted by Crippen LogP contribution is 2.47. The number of nitrogens with zero attached hydrogens (tertiary/aromatic N) is 1. The van der Waals surface area contributed by atoms with Crippen molar-refractivity contribution in [2.24, 2.45) is 0 Å². The summed E-state index contributed by atoms with van der Waals surface area (Å²) in [5, 5.41) is 5.76. The fourth-order valence-corrected chi connectivity index (χ4v) is 11.0. The van der Waals surface area contributed by atoms with Crippen molar-refractivity contribution in [2.45, 2.75) is 4.90 Å².